The molecule has 6 heteroatoms. The summed E-state index contributed by atoms with van der Waals surface area (Å²) in [5, 5.41) is 1.21. The van der Waals surface area contributed by atoms with E-state index in [-0.39, 0.29) is 0 Å². The van der Waals surface area contributed by atoms with Crippen LogP contribution >= 0.6 is 11.3 Å². The van der Waals surface area contributed by atoms with E-state index in [0.717, 1.165) is 40.6 Å². The van der Waals surface area contributed by atoms with Gasteiger partial charge in [-0.2, -0.15) is 0 Å². The molecule has 4 rings (SSSR count). The fraction of sp³-hybridized carbons (Fsp3) is 0.364. The number of ether oxygens (including phenoxy) is 2. The number of para-hydroxylation sites is 1. The van der Waals surface area contributed by atoms with Gasteiger partial charge < -0.3 is 14.4 Å². The largest absolute Gasteiger partial charge is 0.493 e. The van der Waals surface area contributed by atoms with Crippen LogP contribution in [0.25, 0.3) is 10.2 Å². The Kier molecular flexibility index (Phi) is 5.48. The minimum absolute atomic E-state index is 0.656. The summed E-state index contributed by atoms with van der Waals surface area (Å²) in [7, 11) is 3.34. The molecule has 2 heterocycles. The van der Waals surface area contributed by atoms with Crippen LogP contribution in [-0.2, 0) is 19.4 Å². The second kappa shape index (κ2) is 8.19. The Bertz CT molecular complexity index is 999. The Labute approximate surface area is 169 Å². The van der Waals surface area contributed by atoms with Crippen molar-refractivity contribution in [2.75, 3.05) is 25.7 Å². The van der Waals surface area contributed by atoms with Crippen molar-refractivity contribution in [1.29, 1.82) is 0 Å². The molecular weight excluding hydrogens is 370 g/mol. The molecule has 1 aliphatic carbocycles. The van der Waals surface area contributed by atoms with Crippen molar-refractivity contribution in [3.63, 3.8) is 0 Å². The molecule has 0 bridgehead atoms. The lowest BCUT2D eigenvalue weighted by Gasteiger charge is -2.25. The number of hydrogen-bond acceptors (Lipinski definition) is 6. The first-order valence-electron chi connectivity index (χ1n) is 9.57. The van der Waals surface area contributed by atoms with Crippen LogP contribution < -0.4 is 14.4 Å². The second-order valence-electron chi connectivity index (χ2n) is 6.91. The van der Waals surface area contributed by atoms with E-state index >= 15 is 0 Å². The molecule has 28 heavy (non-hydrogen) atoms. The smallest absolute Gasteiger partial charge is 0.165 e. The number of nitrogens with zero attached hydrogens (tertiary/aromatic N) is 3. The number of thiophene rings is 1. The highest BCUT2D eigenvalue weighted by molar-refractivity contribution is 7.19. The van der Waals surface area contributed by atoms with Crippen molar-refractivity contribution in [3.05, 3.63) is 53.2 Å². The number of fused-ring (bicyclic) bond motifs is 3. The van der Waals surface area contributed by atoms with Crippen molar-refractivity contribution >= 4 is 27.4 Å². The Morgan fingerprint density at radius 1 is 1.18 bits per heavy atom. The van der Waals surface area contributed by atoms with Gasteiger partial charge in [-0.15, -0.1) is 17.9 Å². The predicted octanol–water partition coefficient (Wildman–Crippen LogP) is 4.78. The minimum Gasteiger partial charge on any atom is -0.493 e. The summed E-state index contributed by atoms with van der Waals surface area (Å²) < 4.78 is 11.1. The van der Waals surface area contributed by atoms with Gasteiger partial charge in [-0.1, -0.05) is 18.2 Å². The zero-order valence-electron chi connectivity index (χ0n) is 16.4. The molecule has 5 nitrogen and oxygen atoms in total. The number of aryl methyl sites for hydroxylation is 2. The molecule has 0 saturated carbocycles. The average Bonchev–Trinajstić information content (AvgIpc) is 3.12. The van der Waals surface area contributed by atoms with Crippen molar-refractivity contribution in [2.24, 2.45) is 0 Å². The molecule has 0 unspecified atom stereocenters. The first-order chi connectivity index (χ1) is 13.8. The van der Waals surface area contributed by atoms with E-state index in [1.807, 2.05) is 29.5 Å². The lowest BCUT2D eigenvalue weighted by atomic mass is 9.97. The fourth-order valence-corrected chi connectivity index (χ4v) is 5.20. The van der Waals surface area contributed by atoms with Crippen molar-refractivity contribution in [3.8, 4) is 11.5 Å². The summed E-state index contributed by atoms with van der Waals surface area (Å²) in [5.41, 5.74) is 2.49. The molecule has 2 aromatic heterocycles. The van der Waals surface area contributed by atoms with E-state index in [1.54, 1.807) is 20.5 Å². The van der Waals surface area contributed by atoms with Crippen LogP contribution in [0.15, 0.2) is 37.2 Å². The highest BCUT2D eigenvalue weighted by atomic mass is 32.1. The van der Waals surface area contributed by atoms with E-state index in [9.17, 15) is 0 Å². The normalized spacial score (nSPS) is 13.2. The average molecular weight is 396 g/mol. The standard InChI is InChI=1S/C22H25N3O2S/c1-4-12-25(13-15-8-7-10-17(26-2)20(15)27-3)21-19-16-9-5-6-11-18(16)28-22(19)24-14-23-21/h4,7-8,10,14H,1,5-6,9,11-13H2,2-3H3. The second-order valence-corrected chi connectivity index (χ2v) is 7.99. The Morgan fingerprint density at radius 2 is 2.04 bits per heavy atom. The van der Waals surface area contributed by atoms with Gasteiger partial charge in [0.25, 0.3) is 0 Å². The van der Waals surface area contributed by atoms with E-state index < -0.39 is 0 Å². The van der Waals surface area contributed by atoms with Gasteiger partial charge in [-0.05, 0) is 37.3 Å². The lowest BCUT2D eigenvalue weighted by molar-refractivity contribution is 0.351. The summed E-state index contributed by atoms with van der Waals surface area (Å²) in [6, 6.07) is 5.97. The number of hydrogen-bond donors (Lipinski definition) is 0. The molecule has 0 amide bonds. The molecule has 0 fully saturated rings. The zero-order valence-corrected chi connectivity index (χ0v) is 17.2. The molecule has 146 valence electrons. The van der Waals surface area contributed by atoms with Crippen LogP contribution in [0.1, 0.15) is 28.8 Å². The number of methoxy groups -OCH3 is 2. The molecule has 0 aliphatic heterocycles. The number of aromatic nitrogens is 2. The minimum atomic E-state index is 0.656. The van der Waals surface area contributed by atoms with Gasteiger partial charge in [-0.25, -0.2) is 9.97 Å². The topological polar surface area (TPSA) is 47.5 Å². The summed E-state index contributed by atoms with van der Waals surface area (Å²) >= 11 is 1.82. The maximum absolute atomic E-state index is 5.64. The number of benzene rings is 1. The first-order valence-corrected chi connectivity index (χ1v) is 10.4. The summed E-state index contributed by atoms with van der Waals surface area (Å²) in [5.74, 6) is 2.48. The van der Waals surface area contributed by atoms with Gasteiger partial charge in [0.2, 0.25) is 0 Å². The fourth-order valence-electron chi connectivity index (χ4n) is 3.98. The van der Waals surface area contributed by atoms with Crippen LogP contribution in [0.5, 0.6) is 11.5 Å². The number of rotatable bonds is 7. The summed E-state index contributed by atoms with van der Waals surface area (Å²) in [6.45, 7) is 5.31. The van der Waals surface area contributed by atoms with Gasteiger partial charge in [0.15, 0.2) is 11.5 Å². The lowest BCUT2D eigenvalue weighted by Crippen LogP contribution is -2.24. The van der Waals surface area contributed by atoms with E-state index in [0.29, 0.717) is 13.1 Å². The Balaban J connectivity index is 1.79. The van der Waals surface area contributed by atoms with Gasteiger partial charge >= 0.3 is 0 Å². The monoisotopic (exact) mass is 395 g/mol. The zero-order chi connectivity index (χ0) is 19.5. The maximum atomic E-state index is 5.64. The molecule has 0 atom stereocenters. The predicted molar refractivity (Wildman–Crippen MR) is 115 cm³/mol. The quantitative estimate of drug-likeness (QED) is 0.539. The van der Waals surface area contributed by atoms with Crippen molar-refractivity contribution in [1.82, 2.24) is 9.97 Å². The van der Waals surface area contributed by atoms with Crippen LogP contribution in [0.3, 0.4) is 0 Å². The molecule has 0 saturated heterocycles. The Morgan fingerprint density at radius 3 is 2.82 bits per heavy atom. The highest BCUT2D eigenvalue weighted by Crippen LogP contribution is 2.40. The number of anilines is 1. The van der Waals surface area contributed by atoms with Crippen molar-refractivity contribution < 1.29 is 9.47 Å². The van der Waals surface area contributed by atoms with E-state index in [4.69, 9.17) is 14.5 Å². The van der Waals surface area contributed by atoms with Crippen LogP contribution in [-0.4, -0.2) is 30.7 Å². The third kappa shape index (κ3) is 3.33. The molecule has 3 aromatic rings. The first kappa shape index (κ1) is 18.7. The van der Waals surface area contributed by atoms with Gasteiger partial charge in [0.1, 0.15) is 17.0 Å². The molecular formula is C22H25N3O2S. The van der Waals surface area contributed by atoms with Gasteiger partial charge in [-0.3, -0.25) is 0 Å². The Hall–Kier alpha value is -2.60. The molecule has 1 aromatic carbocycles. The molecule has 0 radical (unpaired) electrons. The highest BCUT2D eigenvalue weighted by Gasteiger charge is 2.23. The third-order valence-corrected chi connectivity index (χ3v) is 6.43. The van der Waals surface area contributed by atoms with Gasteiger partial charge in [0.05, 0.1) is 19.6 Å². The molecule has 0 spiro atoms. The van der Waals surface area contributed by atoms with Crippen molar-refractivity contribution in [2.45, 2.75) is 32.2 Å². The van der Waals surface area contributed by atoms with Gasteiger partial charge in [0, 0.05) is 23.5 Å². The summed E-state index contributed by atoms with van der Waals surface area (Å²) in [4.78, 5) is 14.1. The molecule has 1 aliphatic rings. The van der Waals surface area contributed by atoms with Crippen LogP contribution in [0.4, 0.5) is 5.82 Å². The maximum Gasteiger partial charge on any atom is 0.165 e. The molecule has 0 N–H and O–H groups in total. The third-order valence-electron chi connectivity index (χ3n) is 5.23. The van der Waals surface area contributed by atoms with Crippen LogP contribution in [0.2, 0.25) is 0 Å². The summed E-state index contributed by atoms with van der Waals surface area (Å²) in [6.07, 6.45) is 8.36. The van der Waals surface area contributed by atoms with E-state index in [2.05, 4.69) is 22.5 Å². The van der Waals surface area contributed by atoms with Crippen LogP contribution in [0, 0.1) is 0 Å². The SMILES string of the molecule is C=CCN(Cc1cccc(OC)c1OC)c1ncnc2sc3c(c12)CCCC3. The van der Waals surface area contributed by atoms with E-state index in [1.165, 1.54) is 28.7 Å².